The molecular weight excluding hydrogens is 246 g/mol. The van der Waals surface area contributed by atoms with Gasteiger partial charge in [0.05, 0.1) is 0 Å². The molecule has 54 valence electrons. The lowest BCUT2D eigenvalue weighted by molar-refractivity contribution is 0.429. The number of hydrogen-bond donors (Lipinski definition) is 1. The average Bonchev–Trinajstić information content (AvgIpc) is 1.82. The van der Waals surface area contributed by atoms with E-state index in [0.717, 1.165) is 3.57 Å². The maximum atomic E-state index is 12.7. The molecule has 0 amide bonds. The van der Waals surface area contributed by atoms with Crippen molar-refractivity contribution >= 4 is 22.6 Å². The van der Waals surface area contributed by atoms with Crippen LogP contribution in [0.5, 0.6) is 5.75 Å². The summed E-state index contributed by atoms with van der Waals surface area (Å²) in [6.45, 7) is 1.62. The van der Waals surface area contributed by atoms with Crippen molar-refractivity contribution < 1.29 is 9.50 Å². The number of hydrogen-bond acceptors (Lipinski definition) is 1. The number of phenolic OH excluding ortho intramolecular Hbond substituents is 1. The summed E-state index contributed by atoms with van der Waals surface area (Å²) in [4.78, 5) is 0. The molecule has 0 saturated carbocycles. The van der Waals surface area contributed by atoms with E-state index in [-0.39, 0.29) is 5.75 Å². The van der Waals surface area contributed by atoms with Crippen LogP contribution in [0, 0.1) is 16.3 Å². The van der Waals surface area contributed by atoms with E-state index in [1.54, 1.807) is 13.0 Å². The SMILES string of the molecule is Cc1cc(I)cc(O)c1F. The smallest absolute Gasteiger partial charge is 0.167 e. The topological polar surface area (TPSA) is 20.2 Å². The number of aryl methyl sites for hydroxylation is 1. The van der Waals surface area contributed by atoms with Gasteiger partial charge in [-0.05, 0) is 47.2 Å². The van der Waals surface area contributed by atoms with E-state index in [0.29, 0.717) is 5.56 Å². The van der Waals surface area contributed by atoms with Gasteiger partial charge in [-0.3, -0.25) is 0 Å². The van der Waals surface area contributed by atoms with Crippen LogP contribution in [-0.2, 0) is 0 Å². The van der Waals surface area contributed by atoms with Crippen molar-refractivity contribution in [3.63, 3.8) is 0 Å². The lowest BCUT2D eigenvalue weighted by Crippen LogP contribution is -1.83. The Hall–Kier alpha value is -0.320. The highest BCUT2D eigenvalue weighted by Gasteiger charge is 2.03. The lowest BCUT2D eigenvalue weighted by atomic mass is 10.2. The monoisotopic (exact) mass is 252 g/mol. The third-order valence-electron chi connectivity index (χ3n) is 1.20. The summed E-state index contributed by atoms with van der Waals surface area (Å²) >= 11 is 2.02. The molecule has 0 unspecified atom stereocenters. The van der Waals surface area contributed by atoms with Gasteiger partial charge in [0.2, 0.25) is 0 Å². The van der Waals surface area contributed by atoms with Gasteiger partial charge in [-0.2, -0.15) is 0 Å². The van der Waals surface area contributed by atoms with Crippen LogP contribution in [0.15, 0.2) is 12.1 Å². The van der Waals surface area contributed by atoms with E-state index in [2.05, 4.69) is 0 Å². The number of benzene rings is 1. The zero-order valence-electron chi connectivity index (χ0n) is 5.36. The van der Waals surface area contributed by atoms with Gasteiger partial charge in [0.1, 0.15) is 0 Å². The highest BCUT2D eigenvalue weighted by molar-refractivity contribution is 14.1. The second kappa shape index (κ2) is 2.74. The minimum absolute atomic E-state index is 0.274. The molecule has 0 radical (unpaired) electrons. The van der Waals surface area contributed by atoms with Crippen LogP contribution in [0.25, 0.3) is 0 Å². The Labute approximate surface area is 72.0 Å². The molecule has 1 aromatic rings. The van der Waals surface area contributed by atoms with E-state index in [9.17, 15) is 4.39 Å². The number of aromatic hydroxyl groups is 1. The Morgan fingerprint density at radius 1 is 1.50 bits per heavy atom. The first-order valence-corrected chi connectivity index (χ1v) is 3.84. The fourth-order valence-electron chi connectivity index (χ4n) is 0.708. The van der Waals surface area contributed by atoms with E-state index in [1.807, 2.05) is 22.6 Å². The number of phenols is 1. The Morgan fingerprint density at radius 2 is 2.10 bits per heavy atom. The average molecular weight is 252 g/mol. The third-order valence-corrected chi connectivity index (χ3v) is 1.82. The van der Waals surface area contributed by atoms with Crippen molar-refractivity contribution in [1.82, 2.24) is 0 Å². The summed E-state index contributed by atoms with van der Waals surface area (Å²) in [5.74, 6) is -0.801. The lowest BCUT2D eigenvalue weighted by Gasteiger charge is -1.98. The molecule has 0 heterocycles. The Morgan fingerprint density at radius 3 is 2.60 bits per heavy atom. The summed E-state index contributed by atoms with van der Waals surface area (Å²) in [6, 6.07) is 3.07. The zero-order chi connectivity index (χ0) is 7.72. The maximum Gasteiger partial charge on any atom is 0.167 e. The molecule has 0 atom stereocenters. The number of halogens is 2. The minimum Gasteiger partial charge on any atom is -0.505 e. The Kier molecular flexibility index (Phi) is 2.13. The molecule has 0 aliphatic rings. The summed E-state index contributed by atoms with van der Waals surface area (Å²) in [7, 11) is 0. The van der Waals surface area contributed by atoms with Crippen molar-refractivity contribution in [2.45, 2.75) is 6.92 Å². The first kappa shape index (κ1) is 7.78. The van der Waals surface area contributed by atoms with E-state index in [4.69, 9.17) is 5.11 Å². The van der Waals surface area contributed by atoms with Crippen molar-refractivity contribution in [2.24, 2.45) is 0 Å². The molecule has 0 saturated heterocycles. The van der Waals surface area contributed by atoms with Gasteiger partial charge < -0.3 is 5.11 Å². The van der Waals surface area contributed by atoms with Crippen LogP contribution in [0.1, 0.15) is 5.56 Å². The highest BCUT2D eigenvalue weighted by Crippen LogP contribution is 2.21. The van der Waals surface area contributed by atoms with Gasteiger partial charge in [0, 0.05) is 3.57 Å². The van der Waals surface area contributed by atoms with Gasteiger partial charge in [-0.15, -0.1) is 0 Å². The molecule has 1 nitrogen and oxygen atoms in total. The van der Waals surface area contributed by atoms with E-state index < -0.39 is 5.82 Å². The summed E-state index contributed by atoms with van der Waals surface area (Å²) in [6.07, 6.45) is 0. The third kappa shape index (κ3) is 1.39. The molecule has 1 rings (SSSR count). The van der Waals surface area contributed by atoms with Crippen LogP contribution in [0.2, 0.25) is 0 Å². The molecule has 0 aliphatic carbocycles. The van der Waals surface area contributed by atoms with Gasteiger partial charge in [-0.1, -0.05) is 0 Å². The summed E-state index contributed by atoms with van der Waals surface area (Å²) < 4.78 is 13.5. The molecule has 10 heavy (non-hydrogen) atoms. The van der Waals surface area contributed by atoms with Crippen molar-refractivity contribution in [3.8, 4) is 5.75 Å². The highest BCUT2D eigenvalue weighted by atomic mass is 127. The second-order valence-corrected chi connectivity index (χ2v) is 3.30. The first-order valence-electron chi connectivity index (χ1n) is 2.76. The van der Waals surface area contributed by atoms with Crippen molar-refractivity contribution in [2.75, 3.05) is 0 Å². The largest absolute Gasteiger partial charge is 0.505 e. The summed E-state index contributed by atoms with van der Waals surface area (Å²) in [5, 5.41) is 8.90. The quantitative estimate of drug-likeness (QED) is 0.703. The van der Waals surface area contributed by atoms with Gasteiger partial charge >= 0.3 is 0 Å². The van der Waals surface area contributed by atoms with Crippen LogP contribution >= 0.6 is 22.6 Å². The van der Waals surface area contributed by atoms with Gasteiger partial charge in [-0.25, -0.2) is 4.39 Å². The predicted molar refractivity (Wildman–Crippen MR) is 45.5 cm³/mol. The Bertz CT molecular complexity index is 237. The molecule has 3 heteroatoms. The second-order valence-electron chi connectivity index (χ2n) is 2.06. The molecule has 0 fully saturated rings. The van der Waals surface area contributed by atoms with Crippen LogP contribution < -0.4 is 0 Å². The normalized spacial score (nSPS) is 9.90. The molecule has 0 aromatic heterocycles. The van der Waals surface area contributed by atoms with Gasteiger partial charge in [0.15, 0.2) is 11.6 Å². The fourth-order valence-corrected chi connectivity index (χ4v) is 1.47. The maximum absolute atomic E-state index is 12.7. The minimum atomic E-state index is -0.527. The standard InChI is InChI=1S/C7H6FIO/c1-4-2-5(9)3-6(10)7(4)8/h2-3,10H,1H3. The molecular formula is C7H6FIO. The van der Waals surface area contributed by atoms with Gasteiger partial charge in [0.25, 0.3) is 0 Å². The molecule has 0 aliphatic heterocycles. The zero-order valence-corrected chi connectivity index (χ0v) is 7.52. The van der Waals surface area contributed by atoms with Crippen LogP contribution in [-0.4, -0.2) is 5.11 Å². The first-order chi connectivity index (χ1) is 4.61. The van der Waals surface area contributed by atoms with E-state index in [1.165, 1.54) is 6.07 Å². The fraction of sp³-hybridized carbons (Fsp3) is 0.143. The Balaban J connectivity index is 3.31. The van der Waals surface area contributed by atoms with Crippen LogP contribution in [0.4, 0.5) is 4.39 Å². The predicted octanol–water partition coefficient (Wildman–Crippen LogP) is 2.44. The van der Waals surface area contributed by atoms with Crippen LogP contribution in [0.3, 0.4) is 0 Å². The van der Waals surface area contributed by atoms with Crippen molar-refractivity contribution in [1.29, 1.82) is 0 Å². The van der Waals surface area contributed by atoms with E-state index >= 15 is 0 Å². The molecule has 1 aromatic carbocycles. The molecule has 0 spiro atoms. The number of rotatable bonds is 0. The molecule has 1 N–H and O–H groups in total. The summed E-state index contributed by atoms with van der Waals surface area (Å²) in [5.41, 5.74) is 0.476. The van der Waals surface area contributed by atoms with Crippen molar-refractivity contribution in [3.05, 3.63) is 27.1 Å². The molecule has 0 bridgehead atoms.